The molecule has 0 unspecified atom stereocenters. The fourth-order valence-electron chi connectivity index (χ4n) is 3.53. The zero-order valence-electron chi connectivity index (χ0n) is 15.2. The maximum atomic E-state index is 11.2. The van der Waals surface area contributed by atoms with E-state index in [1.54, 1.807) is 12.1 Å². The van der Waals surface area contributed by atoms with Crippen LogP contribution in [0.5, 0.6) is 5.75 Å². The summed E-state index contributed by atoms with van der Waals surface area (Å²) in [5.74, 6) is 1.30. The van der Waals surface area contributed by atoms with Gasteiger partial charge in [-0.05, 0) is 60.7 Å². The number of hydrogen-bond donors (Lipinski definition) is 2. The van der Waals surface area contributed by atoms with Crippen LogP contribution in [0.15, 0.2) is 48.5 Å². The van der Waals surface area contributed by atoms with Crippen LogP contribution in [0.2, 0.25) is 0 Å². The topological polar surface area (TPSA) is 64.4 Å². The first-order valence-electron chi connectivity index (χ1n) is 9.56. The fourth-order valence-corrected chi connectivity index (χ4v) is 3.53. The monoisotopic (exact) mass is 352 g/mol. The van der Waals surface area contributed by atoms with Gasteiger partial charge >= 0.3 is 0 Å². The largest absolute Gasteiger partial charge is 0.492 e. The third-order valence-electron chi connectivity index (χ3n) is 5.04. The van der Waals surface area contributed by atoms with Crippen molar-refractivity contribution in [2.24, 2.45) is 11.7 Å². The van der Waals surface area contributed by atoms with Gasteiger partial charge in [0, 0.05) is 12.1 Å². The molecule has 1 amide bonds. The van der Waals surface area contributed by atoms with Gasteiger partial charge in [0.2, 0.25) is 5.91 Å². The third-order valence-corrected chi connectivity index (χ3v) is 5.04. The number of benzene rings is 2. The van der Waals surface area contributed by atoms with Crippen LogP contribution in [-0.4, -0.2) is 25.6 Å². The lowest BCUT2D eigenvalue weighted by Crippen LogP contribution is -2.28. The first kappa shape index (κ1) is 18.5. The quantitative estimate of drug-likeness (QED) is 0.706. The Balaban J connectivity index is 1.47. The molecule has 0 aromatic heterocycles. The number of nitrogens with one attached hydrogen (secondary N) is 1. The van der Waals surface area contributed by atoms with Gasteiger partial charge in [-0.1, -0.05) is 43.5 Å². The highest BCUT2D eigenvalue weighted by Gasteiger charge is 2.12. The molecule has 1 fully saturated rings. The molecule has 0 aliphatic heterocycles. The summed E-state index contributed by atoms with van der Waals surface area (Å²) in [5.41, 5.74) is 7.91. The Bertz CT molecular complexity index is 706. The normalized spacial score (nSPS) is 14.9. The Hall–Kier alpha value is -2.33. The molecule has 3 N–H and O–H groups in total. The molecule has 138 valence electrons. The minimum atomic E-state index is -0.408. The summed E-state index contributed by atoms with van der Waals surface area (Å²) in [6, 6.07) is 15.3. The number of carbonyl (C=O) groups excluding carboxylic acids is 1. The van der Waals surface area contributed by atoms with Gasteiger partial charge < -0.3 is 15.8 Å². The van der Waals surface area contributed by atoms with Crippen LogP contribution in [0.3, 0.4) is 0 Å². The summed E-state index contributed by atoms with van der Waals surface area (Å²) in [6.07, 6.45) is 6.90. The van der Waals surface area contributed by atoms with E-state index in [0.29, 0.717) is 12.2 Å². The fraction of sp³-hybridized carbons (Fsp3) is 0.409. The molecule has 2 aromatic carbocycles. The van der Waals surface area contributed by atoms with Crippen LogP contribution in [-0.2, 0) is 0 Å². The van der Waals surface area contributed by atoms with Crippen molar-refractivity contribution < 1.29 is 9.53 Å². The minimum Gasteiger partial charge on any atom is -0.492 e. The van der Waals surface area contributed by atoms with Crippen molar-refractivity contribution >= 4 is 5.91 Å². The summed E-state index contributed by atoms with van der Waals surface area (Å²) in [7, 11) is 0. The van der Waals surface area contributed by atoms with Gasteiger partial charge in [-0.15, -0.1) is 0 Å². The summed E-state index contributed by atoms with van der Waals surface area (Å²) < 4.78 is 5.88. The molecule has 1 aliphatic carbocycles. The molecular formula is C22H28N2O2. The number of hydrogen-bond acceptors (Lipinski definition) is 3. The number of rotatable bonds is 8. The predicted molar refractivity (Wildman–Crippen MR) is 105 cm³/mol. The Morgan fingerprint density at radius 3 is 2.54 bits per heavy atom. The van der Waals surface area contributed by atoms with E-state index in [1.165, 1.54) is 32.1 Å². The minimum absolute atomic E-state index is 0.408. The first-order valence-corrected chi connectivity index (χ1v) is 9.56. The molecule has 0 atom stereocenters. The second-order valence-electron chi connectivity index (χ2n) is 7.03. The van der Waals surface area contributed by atoms with E-state index in [9.17, 15) is 4.79 Å². The molecule has 26 heavy (non-hydrogen) atoms. The summed E-state index contributed by atoms with van der Waals surface area (Å²) in [5, 5.41) is 3.52. The Morgan fingerprint density at radius 1 is 1.04 bits per heavy atom. The summed E-state index contributed by atoms with van der Waals surface area (Å²) >= 11 is 0. The van der Waals surface area contributed by atoms with Crippen LogP contribution in [0.1, 0.15) is 42.5 Å². The van der Waals surface area contributed by atoms with Gasteiger partial charge in [0.25, 0.3) is 0 Å². The van der Waals surface area contributed by atoms with Crippen LogP contribution in [0, 0.1) is 5.92 Å². The SMILES string of the molecule is NC(=O)c1ccc(-c2cccc(OCCNCC3CCCCC3)c2)cc1. The van der Waals surface area contributed by atoms with Gasteiger partial charge in [-0.2, -0.15) is 0 Å². The van der Waals surface area contributed by atoms with E-state index in [1.807, 2.05) is 36.4 Å². The molecule has 4 nitrogen and oxygen atoms in total. The number of amides is 1. The number of primary amides is 1. The molecule has 0 heterocycles. The molecule has 4 heteroatoms. The molecule has 3 rings (SSSR count). The van der Waals surface area contributed by atoms with Crippen LogP contribution in [0.4, 0.5) is 0 Å². The van der Waals surface area contributed by atoms with Crippen molar-refractivity contribution in [2.45, 2.75) is 32.1 Å². The predicted octanol–water partition coefficient (Wildman–Crippen LogP) is 4.00. The van der Waals surface area contributed by atoms with E-state index >= 15 is 0 Å². The molecule has 0 bridgehead atoms. The van der Waals surface area contributed by atoms with E-state index in [4.69, 9.17) is 10.5 Å². The van der Waals surface area contributed by atoms with E-state index in [2.05, 4.69) is 5.32 Å². The second kappa shape index (κ2) is 9.39. The van der Waals surface area contributed by atoms with Crippen LogP contribution < -0.4 is 15.8 Å². The van der Waals surface area contributed by atoms with Crippen molar-refractivity contribution in [3.8, 4) is 16.9 Å². The number of ether oxygens (including phenoxy) is 1. The van der Waals surface area contributed by atoms with Gasteiger partial charge in [0.05, 0.1) is 0 Å². The van der Waals surface area contributed by atoms with Crippen molar-refractivity contribution in [3.63, 3.8) is 0 Å². The van der Waals surface area contributed by atoms with Crippen molar-refractivity contribution in [1.82, 2.24) is 5.32 Å². The summed E-state index contributed by atoms with van der Waals surface area (Å²) in [4.78, 5) is 11.2. The third kappa shape index (κ3) is 5.33. The molecule has 1 saturated carbocycles. The van der Waals surface area contributed by atoms with Crippen LogP contribution >= 0.6 is 0 Å². The van der Waals surface area contributed by atoms with E-state index in [0.717, 1.165) is 35.9 Å². The van der Waals surface area contributed by atoms with Gasteiger partial charge in [0.1, 0.15) is 12.4 Å². The lowest BCUT2D eigenvalue weighted by atomic mass is 9.89. The zero-order chi connectivity index (χ0) is 18.2. The van der Waals surface area contributed by atoms with Gasteiger partial charge in [-0.3, -0.25) is 4.79 Å². The standard InChI is InChI=1S/C22H28N2O2/c23-22(25)19-11-9-18(10-12-19)20-7-4-8-21(15-20)26-14-13-24-16-17-5-2-1-3-6-17/h4,7-12,15,17,24H,1-3,5-6,13-14,16H2,(H2,23,25). The maximum Gasteiger partial charge on any atom is 0.248 e. The lowest BCUT2D eigenvalue weighted by molar-refractivity contribution is 0.100. The number of carbonyl (C=O) groups is 1. The van der Waals surface area contributed by atoms with Crippen molar-refractivity contribution in [2.75, 3.05) is 19.7 Å². The molecule has 0 radical (unpaired) electrons. The molecule has 0 saturated heterocycles. The Morgan fingerprint density at radius 2 is 1.81 bits per heavy atom. The second-order valence-corrected chi connectivity index (χ2v) is 7.03. The average molecular weight is 352 g/mol. The Kier molecular flexibility index (Phi) is 6.67. The average Bonchev–Trinajstić information content (AvgIpc) is 2.69. The molecule has 0 spiro atoms. The zero-order valence-corrected chi connectivity index (χ0v) is 15.2. The first-order chi connectivity index (χ1) is 12.7. The maximum absolute atomic E-state index is 11.2. The highest BCUT2D eigenvalue weighted by molar-refractivity contribution is 5.93. The van der Waals surface area contributed by atoms with Gasteiger partial charge in [0.15, 0.2) is 0 Å². The molecule has 2 aromatic rings. The van der Waals surface area contributed by atoms with E-state index < -0.39 is 5.91 Å². The molecule has 1 aliphatic rings. The van der Waals surface area contributed by atoms with Crippen LogP contribution in [0.25, 0.3) is 11.1 Å². The highest BCUT2D eigenvalue weighted by atomic mass is 16.5. The molecular weight excluding hydrogens is 324 g/mol. The number of nitrogens with two attached hydrogens (primary N) is 1. The lowest BCUT2D eigenvalue weighted by Gasteiger charge is -2.21. The summed E-state index contributed by atoms with van der Waals surface area (Å²) in [6.45, 7) is 2.64. The smallest absolute Gasteiger partial charge is 0.248 e. The Labute approximate surface area is 155 Å². The van der Waals surface area contributed by atoms with E-state index in [-0.39, 0.29) is 0 Å². The van der Waals surface area contributed by atoms with Crippen molar-refractivity contribution in [1.29, 1.82) is 0 Å². The van der Waals surface area contributed by atoms with Crippen molar-refractivity contribution in [3.05, 3.63) is 54.1 Å². The van der Waals surface area contributed by atoms with Gasteiger partial charge in [-0.25, -0.2) is 0 Å². The highest BCUT2D eigenvalue weighted by Crippen LogP contribution is 2.24.